The summed E-state index contributed by atoms with van der Waals surface area (Å²) in [7, 11) is 0. The molecular formula is C18H21NO2. The minimum absolute atomic E-state index is 0.510. The molecule has 0 aliphatic carbocycles. The minimum Gasteiger partial charge on any atom is -0.489 e. The van der Waals surface area contributed by atoms with Gasteiger partial charge in [0.2, 0.25) is 0 Å². The van der Waals surface area contributed by atoms with Crippen LogP contribution < -0.4 is 10.1 Å². The lowest BCUT2D eigenvalue weighted by Gasteiger charge is -2.12. The van der Waals surface area contributed by atoms with E-state index in [1.54, 1.807) is 6.08 Å². The van der Waals surface area contributed by atoms with Crippen LogP contribution in [0, 0.1) is 0 Å². The van der Waals surface area contributed by atoms with Crippen molar-refractivity contribution in [2.75, 3.05) is 13.1 Å². The van der Waals surface area contributed by atoms with Gasteiger partial charge in [0.05, 0.1) is 6.10 Å². The topological polar surface area (TPSA) is 41.5 Å². The number of nitrogens with one attached hydrogen (secondary N) is 1. The van der Waals surface area contributed by atoms with Crippen molar-refractivity contribution in [2.45, 2.75) is 12.7 Å². The van der Waals surface area contributed by atoms with E-state index in [2.05, 4.69) is 11.9 Å². The summed E-state index contributed by atoms with van der Waals surface area (Å²) in [6.07, 6.45) is 1.25. The largest absolute Gasteiger partial charge is 0.489 e. The molecule has 1 unspecified atom stereocenters. The number of rotatable bonds is 8. The smallest absolute Gasteiger partial charge is 0.119 e. The Morgan fingerprint density at radius 1 is 1.10 bits per heavy atom. The van der Waals surface area contributed by atoms with Crippen molar-refractivity contribution in [3.63, 3.8) is 0 Å². The second-order valence-corrected chi connectivity index (χ2v) is 4.81. The van der Waals surface area contributed by atoms with Gasteiger partial charge in [-0.25, -0.2) is 0 Å². The molecule has 0 aliphatic heterocycles. The van der Waals surface area contributed by atoms with Crippen LogP contribution >= 0.6 is 0 Å². The van der Waals surface area contributed by atoms with Gasteiger partial charge in [0.15, 0.2) is 0 Å². The number of hydrogen-bond acceptors (Lipinski definition) is 3. The Morgan fingerprint density at radius 2 is 1.81 bits per heavy atom. The third-order valence-corrected chi connectivity index (χ3v) is 3.14. The quantitative estimate of drug-likeness (QED) is 0.578. The van der Waals surface area contributed by atoms with E-state index in [4.69, 9.17) is 4.74 Å². The number of aliphatic hydroxyl groups is 1. The van der Waals surface area contributed by atoms with Crippen molar-refractivity contribution >= 4 is 0 Å². The molecule has 2 aromatic rings. The van der Waals surface area contributed by atoms with Gasteiger partial charge in [0.25, 0.3) is 0 Å². The highest BCUT2D eigenvalue weighted by Crippen LogP contribution is 2.18. The van der Waals surface area contributed by atoms with Crippen molar-refractivity contribution < 1.29 is 9.84 Å². The van der Waals surface area contributed by atoms with Crippen LogP contribution in [-0.4, -0.2) is 18.2 Å². The summed E-state index contributed by atoms with van der Waals surface area (Å²) in [5, 5.41) is 13.1. The third-order valence-electron chi connectivity index (χ3n) is 3.14. The van der Waals surface area contributed by atoms with Crippen molar-refractivity contribution in [3.8, 4) is 5.75 Å². The fourth-order valence-electron chi connectivity index (χ4n) is 1.97. The van der Waals surface area contributed by atoms with Gasteiger partial charge in [0, 0.05) is 13.1 Å². The number of hydrogen-bond donors (Lipinski definition) is 2. The monoisotopic (exact) mass is 283 g/mol. The molecule has 2 aromatic carbocycles. The van der Waals surface area contributed by atoms with Gasteiger partial charge in [0.1, 0.15) is 12.4 Å². The van der Waals surface area contributed by atoms with Gasteiger partial charge in [-0.3, -0.25) is 0 Å². The number of aliphatic hydroxyl groups excluding tert-OH is 1. The molecule has 0 saturated heterocycles. The zero-order chi connectivity index (χ0) is 14.9. The lowest BCUT2D eigenvalue weighted by molar-refractivity contribution is 0.176. The molecule has 0 fully saturated rings. The molecule has 0 heterocycles. The van der Waals surface area contributed by atoms with Gasteiger partial charge < -0.3 is 15.2 Å². The standard InChI is InChI=1S/C18H21NO2/c1-2-12-19-13-18(20)16-8-10-17(11-9-16)21-14-15-6-4-3-5-7-15/h2-11,18-20H,1,12-14H2. The lowest BCUT2D eigenvalue weighted by atomic mass is 10.1. The van der Waals surface area contributed by atoms with Crippen molar-refractivity contribution in [3.05, 3.63) is 78.4 Å². The maximum atomic E-state index is 10.0. The van der Waals surface area contributed by atoms with E-state index in [-0.39, 0.29) is 0 Å². The predicted octanol–water partition coefficient (Wildman–Crippen LogP) is 3.07. The average molecular weight is 283 g/mol. The Balaban J connectivity index is 1.85. The van der Waals surface area contributed by atoms with Gasteiger partial charge in [-0.1, -0.05) is 48.5 Å². The van der Waals surface area contributed by atoms with Crippen LogP contribution in [-0.2, 0) is 6.61 Å². The zero-order valence-corrected chi connectivity index (χ0v) is 12.0. The third kappa shape index (κ3) is 5.06. The highest BCUT2D eigenvalue weighted by molar-refractivity contribution is 5.29. The molecule has 0 aromatic heterocycles. The van der Waals surface area contributed by atoms with Crippen molar-refractivity contribution in [2.24, 2.45) is 0 Å². The molecule has 0 bridgehead atoms. The lowest BCUT2D eigenvalue weighted by Crippen LogP contribution is -2.21. The summed E-state index contributed by atoms with van der Waals surface area (Å²) in [5.74, 6) is 0.800. The van der Waals surface area contributed by atoms with Crippen LogP contribution in [0.15, 0.2) is 67.3 Å². The fraction of sp³-hybridized carbons (Fsp3) is 0.222. The van der Waals surface area contributed by atoms with Gasteiger partial charge in [-0.05, 0) is 23.3 Å². The summed E-state index contributed by atoms with van der Waals surface area (Å²) in [5.41, 5.74) is 2.01. The molecule has 0 saturated carbocycles. The molecule has 0 aliphatic rings. The molecule has 0 radical (unpaired) electrons. The summed E-state index contributed by atoms with van der Waals surface area (Å²) in [6, 6.07) is 17.6. The molecule has 110 valence electrons. The molecule has 1 atom stereocenters. The Labute approximate surface area is 125 Å². The normalized spacial score (nSPS) is 11.9. The molecule has 0 amide bonds. The van der Waals surface area contributed by atoms with E-state index in [0.29, 0.717) is 19.7 Å². The molecular weight excluding hydrogens is 262 g/mol. The first-order chi connectivity index (χ1) is 10.3. The van der Waals surface area contributed by atoms with Crippen LogP contribution in [0.25, 0.3) is 0 Å². The Morgan fingerprint density at radius 3 is 2.48 bits per heavy atom. The van der Waals surface area contributed by atoms with E-state index < -0.39 is 6.10 Å². The molecule has 2 N–H and O–H groups in total. The summed E-state index contributed by atoms with van der Waals surface area (Å²) in [6.45, 7) is 5.37. The Kier molecular flexibility index (Phi) is 6.00. The SMILES string of the molecule is C=CCNCC(O)c1ccc(OCc2ccccc2)cc1. The van der Waals surface area contributed by atoms with Gasteiger partial charge in [-0.2, -0.15) is 0 Å². The summed E-state index contributed by atoms with van der Waals surface area (Å²) in [4.78, 5) is 0. The van der Waals surface area contributed by atoms with Crippen LogP contribution in [0.2, 0.25) is 0 Å². The second kappa shape index (κ2) is 8.25. The van der Waals surface area contributed by atoms with E-state index in [1.165, 1.54) is 0 Å². The first-order valence-corrected chi connectivity index (χ1v) is 7.06. The zero-order valence-electron chi connectivity index (χ0n) is 12.0. The molecule has 21 heavy (non-hydrogen) atoms. The fourth-order valence-corrected chi connectivity index (χ4v) is 1.97. The highest BCUT2D eigenvalue weighted by atomic mass is 16.5. The Bertz CT molecular complexity index is 537. The first-order valence-electron chi connectivity index (χ1n) is 7.06. The van der Waals surface area contributed by atoms with E-state index in [1.807, 2.05) is 54.6 Å². The van der Waals surface area contributed by atoms with Gasteiger partial charge in [-0.15, -0.1) is 6.58 Å². The van der Waals surface area contributed by atoms with Crippen molar-refractivity contribution in [1.82, 2.24) is 5.32 Å². The average Bonchev–Trinajstić information content (AvgIpc) is 2.54. The first kappa shape index (κ1) is 15.3. The molecule has 3 heteroatoms. The molecule has 3 nitrogen and oxygen atoms in total. The summed E-state index contributed by atoms with van der Waals surface area (Å²) >= 11 is 0. The number of benzene rings is 2. The van der Waals surface area contributed by atoms with E-state index >= 15 is 0 Å². The summed E-state index contributed by atoms with van der Waals surface area (Å²) < 4.78 is 5.71. The minimum atomic E-state index is -0.520. The van der Waals surface area contributed by atoms with Crippen LogP contribution in [0.3, 0.4) is 0 Å². The Hall–Kier alpha value is -2.10. The number of ether oxygens (including phenoxy) is 1. The predicted molar refractivity (Wildman–Crippen MR) is 85.2 cm³/mol. The van der Waals surface area contributed by atoms with E-state index in [9.17, 15) is 5.11 Å². The van der Waals surface area contributed by atoms with E-state index in [0.717, 1.165) is 16.9 Å². The van der Waals surface area contributed by atoms with Crippen molar-refractivity contribution in [1.29, 1.82) is 0 Å². The van der Waals surface area contributed by atoms with Gasteiger partial charge >= 0.3 is 0 Å². The highest BCUT2D eigenvalue weighted by Gasteiger charge is 2.06. The molecule has 2 rings (SSSR count). The molecule has 0 spiro atoms. The maximum absolute atomic E-state index is 10.0. The van der Waals surface area contributed by atoms with Crippen LogP contribution in [0.4, 0.5) is 0 Å². The van der Waals surface area contributed by atoms with Crippen LogP contribution in [0.1, 0.15) is 17.2 Å². The second-order valence-electron chi connectivity index (χ2n) is 4.81. The maximum Gasteiger partial charge on any atom is 0.119 e. The van der Waals surface area contributed by atoms with Crippen LogP contribution in [0.5, 0.6) is 5.75 Å².